The molecule has 31 heavy (non-hydrogen) atoms. The summed E-state index contributed by atoms with van der Waals surface area (Å²) in [6.45, 7) is 4.82. The van der Waals surface area contributed by atoms with Crippen molar-refractivity contribution in [3.8, 4) is 11.5 Å². The van der Waals surface area contributed by atoms with Gasteiger partial charge in [0.25, 0.3) is 11.7 Å². The number of Topliss-reactive ketones (excluding diaryl/α,β-unsaturated/α-hetero) is 1. The number of aromatic hydroxyl groups is 1. The van der Waals surface area contributed by atoms with Crippen LogP contribution in [-0.4, -0.2) is 65.5 Å². The number of hydrogen-bond acceptors (Lipinski definition) is 6. The summed E-state index contributed by atoms with van der Waals surface area (Å²) in [4.78, 5) is 29.1. The lowest BCUT2D eigenvalue weighted by Crippen LogP contribution is -2.35. The van der Waals surface area contributed by atoms with Crippen molar-refractivity contribution < 1.29 is 24.5 Å². The van der Waals surface area contributed by atoms with Gasteiger partial charge in [-0.15, -0.1) is 0 Å². The molecular formula is C24H26N2O5. The molecule has 0 spiro atoms. The summed E-state index contributed by atoms with van der Waals surface area (Å²) in [5.41, 5.74) is 1.05. The first-order valence-electron chi connectivity index (χ1n) is 9.89. The summed E-state index contributed by atoms with van der Waals surface area (Å²) >= 11 is 0. The Bertz CT molecular complexity index is 994. The first-order chi connectivity index (χ1) is 14.8. The van der Waals surface area contributed by atoms with Gasteiger partial charge in [-0.3, -0.25) is 9.59 Å². The summed E-state index contributed by atoms with van der Waals surface area (Å²) in [5, 5.41) is 20.7. The van der Waals surface area contributed by atoms with E-state index in [1.54, 1.807) is 42.5 Å². The number of nitrogens with zero attached hydrogens (tertiary/aromatic N) is 2. The third-order valence-corrected chi connectivity index (χ3v) is 5.03. The Hall–Kier alpha value is -3.58. The van der Waals surface area contributed by atoms with Gasteiger partial charge in [0, 0.05) is 18.7 Å². The van der Waals surface area contributed by atoms with E-state index in [-0.39, 0.29) is 17.1 Å². The number of benzene rings is 2. The molecule has 1 amide bonds. The highest BCUT2D eigenvalue weighted by molar-refractivity contribution is 6.46. The lowest BCUT2D eigenvalue weighted by atomic mass is 9.95. The maximum absolute atomic E-state index is 12.9. The topological polar surface area (TPSA) is 90.3 Å². The standard InChI is InChI=1S/C24H26N2O5/c1-4-15-31-19-11-7-17(8-12-19)22(28)20-21(16-5-9-18(27)10-6-16)26(14-13-25(2)3)24(30)23(20)29/h4-12,21,27-28H,1,13-15H2,2-3H3. The summed E-state index contributed by atoms with van der Waals surface area (Å²) in [5.74, 6) is -0.977. The number of phenols is 1. The van der Waals surface area contributed by atoms with Crippen LogP contribution in [0.1, 0.15) is 17.2 Å². The van der Waals surface area contributed by atoms with Gasteiger partial charge in [0.2, 0.25) is 0 Å². The van der Waals surface area contributed by atoms with Crippen LogP contribution in [0.15, 0.2) is 66.8 Å². The fourth-order valence-corrected chi connectivity index (χ4v) is 3.44. The van der Waals surface area contributed by atoms with Crippen molar-refractivity contribution in [1.82, 2.24) is 9.80 Å². The van der Waals surface area contributed by atoms with Crippen LogP contribution in [-0.2, 0) is 9.59 Å². The Balaban J connectivity index is 2.05. The van der Waals surface area contributed by atoms with Gasteiger partial charge in [-0.05, 0) is 56.1 Å². The van der Waals surface area contributed by atoms with Crippen LogP contribution in [0.5, 0.6) is 11.5 Å². The summed E-state index contributed by atoms with van der Waals surface area (Å²) in [6.07, 6.45) is 1.63. The molecule has 0 bridgehead atoms. The van der Waals surface area contributed by atoms with Crippen LogP contribution in [0.3, 0.4) is 0 Å². The second-order valence-electron chi connectivity index (χ2n) is 7.51. The minimum Gasteiger partial charge on any atom is -0.508 e. The number of aliphatic hydroxyl groups is 1. The molecule has 1 fully saturated rings. The number of rotatable bonds is 8. The van der Waals surface area contributed by atoms with Crippen molar-refractivity contribution in [2.75, 3.05) is 33.8 Å². The fraction of sp³-hybridized carbons (Fsp3) is 0.250. The number of hydrogen-bond donors (Lipinski definition) is 2. The van der Waals surface area contributed by atoms with Crippen LogP contribution in [0, 0.1) is 0 Å². The van der Waals surface area contributed by atoms with E-state index in [1.807, 2.05) is 19.0 Å². The first kappa shape index (κ1) is 22.1. The molecule has 2 aromatic rings. The van der Waals surface area contributed by atoms with Gasteiger partial charge in [0.05, 0.1) is 11.6 Å². The van der Waals surface area contributed by atoms with Crippen molar-refractivity contribution in [3.05, 3.63) is 77.9 Å². The number of aliphatic hydroxyl groups excluding tert-OH is 1. The molecule has 0 saturated carbocycles. The highest BCUT2D eigenvalue weighted by Crippen LogP contribution is 2.39. The number of likely N-dealkylation sites (N-methyl/N-ethyl adjacent to an activating group) is 1. The summed E-state index contributed by atoms with van der Waals surface area (Å²) in [7, 11) is 3.75. The molecule has 7 heteroatoms. The highest BCUT2D eigenvalue weighted by atomic mass is 16.5. The molecule has 7 nitrogen and oxygen atoms in total. The van der Waals surface area contributed by atoms with Gasteiger partial charge in [-0.1, -0.05) is 24.8 Å². The molecule has 3 rings (SSSR count). The van der Waals surface area contributed by atoms with Gasteiger partial charge in [-0.25, -0.2) is 0 Å². The molecule has 1 aliphatic rings. The maximum Gasteiger partial charge on any atom is 0.295 e. The van der Waals surface area contributed by atoms with E-state index in [4.69, 9.17) is 4.74 Å². The molecule has 0 radical (unpaired) electrons. The van der Waals surface area contributed by atoms with E-state index in [0.717, 1.165) is 0 Å². The number of ketones is 1. The molecule has 1 unspecified atom stereocenters. The Kier molecular flexibility index (Phi) is 6.77. The van der Waals surface area contributed by atoms with E-state index in [2.05, 4.69) is 6.58 Å². The number of ether oxygens (including phenoxy) is 1. The molecule has 0 aromatic heterocycles. The van der Waals surface area contributed by atoms with Crippen LogP contribution < -0.4 is 4.74 Å². The Morgan fingerprint density at radius 1 is 1.13 bits per heavy atom. The lowest BCUT2D eigenvalue weighted by Gasteiger charge is -2.26. The second kappa shape index (κ2) is 9.49. The van der Waals surface area contributed by atoms with Crippen LogP contribution >= 0.6 is 0 Å². The van der Waals surface area contributed by atoms with Gasteiger partial charge >= 0.3 is 0 Å². The van der Waals surface area contributed by atoms with Crippen molar-refractivity contribution in [1.29, 1.82) is 0 Å². The summed E-state index contributed by atoms with van der Waals surface area (Å²) in [6, 6.07) is 12.1. The normalized spacial score (nSPS) is 17.9. The van der Waals surface area contributed by atoms with Crippen molar-refractivity contribution >= 4 is 17.4 Å². The quantitative estimate of drug-likeness (QED) is 0.294. The predicted molar refractivity (Wildman–Crippen MR) is 118 cm³/mol. The average molecular weight is 422 g/mol. The Labute approximate surface area is 181 Å². The molecule has 2 aromatic carbocycles. The average Bonchev–Trinajstić information content (AvgIpc) is 3.01. The van der Waals surface area contributed by atoms with Crippen molar-refractivity contribution in [2.45, 2.75) is 6.04 Å². The van der Waals surface area contributed by atoms with E-state index in [0.29, 0.717) is 36.6 Å². The van der Waals surface area contributed by atoms with Gasteiger partial charge < -0.3 is 24.7 Å². The SMILES string of the molecule is C=CCOc1ccc(C(O)=C2C(=O)C(=O)N(CCN(C)C)C2c2ccc(O)cc2)cc1. The molecule has 1 atom stereocenters. The number of carbonyl (C=O) groups is 2. The minimum atomic E-state index is -0.753. The van der Waals surface area contributed by atoms with Crippen molar-refractivity contribution in [3.63, 3.8) is 0 Å². The second-order valence-corrected chi connectivity index (χ2v) is 7.51. The van der Waals surface area contributed by atoms with Crippen molar-refractivity contribution in [2.24, 2.45) is 0 Å². The third kappa shape index (κ3) is 4.78. The third-order valence-electron chi connectivity index (χ3n) is 5.03. The molecule has 1 heterocycles. The van der Waals surface area contributed by atoms with Crippen LogP contribution in [0.4, 0.5) is 0 Å². The number of amides is 1. The van der Waals surface area contributed by atoms with E-state index in [1.165, 1.54) is 17.0 Å². The number of phenolic OH excluding ortho intramolecular Hbond substituents is 1. The van der Waals surface area contributed by atoms with E-state index >= 15 is 0 Å². The zero-order chi connectivity index (χ0) is 22.5. The first-order valence-corrected chi connectivity index (χ1v) is 9.89. The van der Waals surface area contributed by atoms with Crippen LogP contribution in [0.2, 0.25) is 0 Å². The zero-order valence-electron chi connectivity index (χ0n) is 17.6. The molecule has 1 aliphatic heterocycles. The van der Waals surface area contributed by atoms with Gasteiger partial charge in [0.15, 0.2) is 0 Å². The summed E-state index contributed by atoms with van der Waals surface area (Å²) < 4.78 is 5.45. The Morgan fingerprint density at radius 3 is 2.35 bits per heavy atom. The molecule has 0 aliphatic carbocycles. The predicted octanol–water partition coefficient (Wildman–Crippen LogP) is 2.94. The number of likely N-dealkylation sites (tertiary alicyclic amines) is 1. The molecular weight excluding hydrogens is 396 g/mol. The smallest absolute Gasteiger partial charge is 0.295 e. The highest BCUT2D eigenvalue weighted by Gasteiger charge is 2.45. The van der Waals surface area contributed by atoms with E-state index < -0.39 is 17.7 Å². The molecule has 2 N–H and O–H groups in total. The number of carbonyl (C=O) groups excluding carboxylic acids is 2. The monoisotopic (exact) mass is 422 g/mol. The fourth-order valence-electron chi connectivity index (χ4n) is 3.44. The van der Waals surface area contributed by atoms with E-state index in [9.17, 15) is 19.8 Å². The molecule has 162 valence electrons. The van der Waals surface area contributed by atoms with Gasteiger partial charge in [0.1, 0.15) is 23.9 Å². The Morgan fingerprint density at radius 2 is 1.77 bits per heavy atom. The lowest BCUT2D eigenvalue weighted by molar-refractivity contribution is -0.140. The van der Waals surface area contributed by atoms with Gasteiger partial charge in [-0.2, -0.15) is 0 Å². The zero-order valence-corrected chi connectivity index (χ0v) is 17.6. The largest absolute Gasteiger partial charge is 0.508 e. The minimum absolute atomic E-state index is 0.0224. The maximum atomic E-state index is 12.9. The van der Waals surface area contributed by atoms with Crippen LogP contribution in [0.25, 0.3) is 5.76 Å². The molecule has 1 saturated heterocycles.